The first kappa shape index (κ1) is 16.0. The summed E-state index contributed by atoms with van der Waals surface area (Å²) in [4.78, 5) is 10.4. The molecule has 21 heavy (non-hydrogen) atoms. The Balaban J connectivity index is 2.38. The lowest BCUT2D eigenvalue weighted by molar-refractivity contribution is 0.0661. The number of rotatable bonds is 4. The van der Waals surface area contributed by atoms with Gasteiger partial charge in [-0.1, -0.05) is 0 Å². The molecule has 2 N–H and O–H groups in total. The Kier molecular flexibility index (Phi) is 4.40. The molecule has 0 aliphatic carbocycles. The Labute approximate surface area is 135 Å². The van der Waals surface area contributed by atoms with Gasteiger partial charge < -0.3 is 9.52 Å². The van der Waals surface area contributed by atoms with Gasteiger partial charge in [0.2, 0.25) is 5.76 Å². The van der Waals surface area contributed by atoms with Gasteiger partial charge in [-0.05, 0) is 50.1 Å². The molecule has 2 rings (SSSR count). The molecule has 0 unspecified atom stereocenters. The Hall–Kier alpha value is -1.39. The van der Waals surface area contributed by atoms with Crippen LogP contribution in [-0.4, -0.2) is 19.5 Å². The first-order valence-electron chi connectivity index (χ1n) is 5.21. The molecule has 0 amide bonds. The Bertz CT molecular complexity index is 818. The zero-order chi connectivity index (χ0) is 15.8. The maximum Gasteiger partial charge on any atom is 0.371 e. The molecular weight excluding hydrogens is 437 g/mol. The predicted molar refractivity (Wildman–Crippen MR) is 78.3 cm³/mol. The highest BCUT2D eigenvalue weighted by Gasteiger charge is 2.25. The lowest BCUT2D eigenvalue weighted by Gasteiger charge is -2.07. The first-order valence-corrected chi connectivity index (χ1v) is 8.28. The summed E-state index contributed by atoms with van der Waals surface area (Å²) in [6.07, 6.45) is 0. The van der Waals surface area contributed by atoms with Crippen molar-refractivity contribution < 1.29 is 27.1 Å². The highest BCUT2D eigenvalue weighted by Crippen LogP contribution is 2.29. The van der Waals surface area contributed by atoms with Gasteiger partial charge in [-0.25, -0.2) is 17.6 Å². The minimum Gasteiger partial charge on any atom is -0.475 e. The molecule has 0 aliphatic heterocycles. The summed E-state index contributed by atoms with van der Waals surface area (Å²) in [5.41, 5.74) is 0.105. The van der Waals surface area contributed by atoms with E-state index in [1.54, 1.807) is 0 Å². The summed E-state index contributed by atoms with van der Waals surface area (Å²) >= 11 is 5.77. The van der Waals surface area contributed by atoms with E-state index in [4.69, 9.17) is 9.52 Å². The summed E-state index contributed by atoms with van der Waals surface area (Å²) in [5.74, 6) is -2.47. The number of carboxylic acid groups (broad SMARTS) is 1. The van der Waals surface area contributed by atoms with Crippen molar-refractivity contribution in [3.05, 3.63) is 45.0 Å². The summed E-state index contributed by atoms with van der Waals surface area (Å²) < 4.78 is 44.2. The summed E-state index contributed by atoms with van der Waals surface area (Å²) in [7, 11) is -4.08. The van der Waals surface area contributed by atoms with Gasteiger partial charge in [0.05, 0.1) is 10.2 Å². The Morgan fingerprint density at radius 3 is 2.48 bits per heavy atom. The largest absolute Gasteiger partial charge is 0.475 e. The molecular formula is C11H6Br2FNO5S. The second kappa shape index (κ2) is 5.78. The fraction of sp³-hybridized carbons (Fsp3) is 0. The molecule has 10 heteroatoms. The number of carboxylic acids is 1. The van der Waals surface area contributed by atoms with E-state index < -0.39 is 27.6 Å². The number of anilines is 1. The third-order valence-electron chi connectivity index (χ3n) is 2.33. The molecule has 0 saturated carbocycles. The average Bonchev–Trinajstić information content (AvgIpc) is 2.77. The molecule has 112 valence electrons. The van der Waals surface area contributed by atoms with Crippen molar-refractivity contribution in [3.8, 4) is 0 Å². The molecule has 0 bridgehead atoms. The van der Waals surface area contributed by atoms with Gasteiger partial charge in [-0.3, -0.25) is 4.72 Å². The molecule has 1 aromatic carbocycles. The molecule has 2 aromatic rings. The minimum absolute atomic E-state index is 0.0835. The zero-order valence-corrected chi connectivity index (χ0v) is 13.9. The summed E-state index contributed by atoms with van der Waals surface area (Å²) in [6, 6.07) is 4.41. The van der Waals surface area contributed by atoms with Crippen LogP contribution in [-0.2, 0) is 10.0 Å². The van der Waals surface area contributed by atoms with Crippen LogP contribution < -0.4 is 4.72 Å². The summed E-state index contributed by atoms with van der Waals surface area (Å²) in [5, 5.41) is 8.77. The smallest absolute Gasteiger partial charge is 0.371 e. The van der Waals surface area contributed by atoms with Gasteiger partial charge in [0, 0.05) is 6.07 Å². The fourth-order valence-electron chi connectivity index (χ4n) is 1.41. The predicted octanol–water partition coefficient (Wildman–Crippen LogP) is 3.44. The van der Waals surface area contributed by atoms with E-state index in [0.29, 0.717) is 0 Å². The molecule has 1 aromatic heterocycles. The number of halogens is 3. The van der Waals surface area contributed by atoms with Crippen LogP contribution in [0.25, 0.3) is 0 Å². The van der Waals surface area contributed by atoms with Gasteiger partial charge in [0.1, 0.15) is 10.7 Å². The topological polar surface area (TPSA) is 96.6 Å². The lowest BCUT2D eigenvalue weighted by Crippen LogP contribution is -2.12. The Morgan fingerprint density at radius 2 is 1.95 bits per heavy atom. The van der Waals surface area contributed by atoms with Crippen molar-refractivity contribution in [1.82, 2.24) is 0 Å². The van der Waals surface area contributed by atoms with Crippen molar-refractivity contribution in [1.29, 1.82) is 0 Å². The lowest BCUT2D eigenvalue weighted by atomic mass is 10.3. The van der Waals surface area contributed by atoms with Crippen molar-refractivity contribution >= 4 is 53.5 Å². The molecule has 1 heterocycles. The normalized spacial score (nSPS) is 11.4. The van der Waals surface area contributed by atoms with E-state index in [9.17, 15) is 17.6 Å². The van der Waals surface area contributed by atoms with Crippen LogP contribution in [0.15, 0.2) is 42.7 Å². The SMILES string of the molecule is O=C(O)c1cc(S(=O)(=O)Nc2ccc(F)c(Br)c2)c(Br)o1. The third kappa shape index (κ3) is 3.44. The maximum absolute atomic E-state index is 13.1. The van der Waals surface area contributed by atoms with E-state index in [1.165, 1.54) is 12.1 Å². The zero-order valence-electron chi connectivity index (χ0n) is 9.93. The number of carbonyl (C=O) groups is 1. The second-order valence-electron chi connectivity index (χ2n) is 3.79. The third-order valence-corrected chi connectivity index (χ3v) is 5.17. The number of hydrogen-bond donors (Lipinski definition) is 2. The van der Waals surface area contributed by atoms with Gasteiger partial charge in [-0.15, -0.1) is 0 Å². The molecule has 0 atom stereocenters. The van der Waals surface area contributed by atoms with E-state index in [2.05, 4.69) is 36.6 Å². The van der Waals surface area contributed by atoms with Crippen LogP contribution in [0, 0.1) is 5.82 Å². The number of sulfonamides is 1. The average molecular weight is 443 g/mol. The van der Waals surface area contributed by atoms with Crippen LogP contribution in [0.5, 0.6) is 0 Å². The van der Waals surface area contributed by atoms with Crippen LogP contribution in [0.1, 0.15) is 10.6 Å². The number of hydrogen-bond acceptors (Lipinski definition) is 4. The number of benzene rings is 1. The van der Waals surface area contributed by atoms with Gasteiger partial charge in [-0.2, -0.15) is 0 Å². The monoisotopic (exact) mass is 441 g/mol. The van der Waals surface area contributed by atoms with Crippen molar-refractivity contribution in [2.45, 2.75) is 4.90 Å². The molecule has 0 fully saturated rings. The van der Waals surface area contributed by atoms with E-state index >= 15 is 0 Å². The maximum atomic E-state index is 13.1. The van der Waals surface area contributed by atoms with Crippen LogP contribution in [0.3, 0.4) is 0 Å². The quantitative estimate of drug-likeness (QED) is 0.755. The number of nitrogens with one attached hydrogen (secondary N) is 1. The summed E-state index contributed by atoms with van der Waals surface area (Å²) in [6.45, 7) is 0. The van der Waals surface area contributed by atoms with Crippen molar-refractivity contribution in [2.24, 2.45) is 0 Å². The number of furan rings is 1. The number of aromatic carboxylic acids is 1. The molecule has 0 spiro atoms. The highest BCUT2D eigenvalue weighted by atomic mass is 79.9. The highest BCUT2D eigenvalue weighted by molar-refractivity contribution is 9.10. The van der Waals surface area contributed by atoms with E-state index in [1.807, 2.05) is 0 Å². The minimum atomic E-state index is -4.08. The van der Waals surface area contributed by atoms with Crippen molar-refractivity contribution in [3.63, 3.8) is 0 Å². The van der Waals surface area contributed by atoms with Crippen LogP contribution >= 0.6 is 31.9 Å². The Morgan fingerprint density at radius 1 is 1.29 bits per heavy atom. The first-order chi connectivity index (χ1) is 9.70. The van der Waals surface area contributed by atoms with Gasteiger partial charge >= 0.3 is 5.97 Å². The molecule has 0 aliphatic rings. The van der Waals surface area contributed by atoms with Gasteiger partial charge in [0.25, 0.3) is 10.0 Å². The standard InChI is InChI=1S/C11H6Br2FNO5S/c12-6-3-5(1-2-7(6)14)15-21(18,19)9-4-8(11(16)17)20-10(9)13/h1-4,15H,(H,16,17). The van der Waals surface area contributed by atoms with Gasteiger partial charge in [0.15, 0.2) is 4.67 Å². The van der Waals surface area contributed by atoms with Crippen molar-refractivity contribution in [2.75, 3.05) is 4.72 Å². The molecule has 0 saturated heterocycles. The molecule has 6 nitrogen and oxygen atoms in total. The fourth-order valence-corrected chi connectivity index (χ4v) is 3.78. The van der Waals surface area contributed by atoms with E-state index in [0.717, 1.165) is 12.1 Å². The van der Waals surface area contributed by atoms with Crippen LogP contribution in [0.2, 0.25) is 0 Å². The second-order valence-corrected chi connectivity index (χ2v) is 7.01. The van der Waals surface area contributed by atoms with E-state index in [-0.39, 0.29) is 19.7 Å². The molecule has 0 radical (unpaired) electrons. The van der Waals surface area contributed by atoms with Crippen LogP contribution in [0.4, 0.5) is 10.1 Å².